The SMILES string of the molecule is Cc1ccc2c3c1-c1cccc4c1n(c1c5cccc6c5n(c41)B1c4cc(-c5ccccc5)ccc4N(c4cc(-c5ccccc5)cc(-c5ccccc5)c4)c4ccc(C)c-6c41)B3c1cc(-c3ccccc3)ccc1N2c1cc(-c2ccccc2)cc(-c2ccccc2)c1. The van der Waals surface area contributed by atoms with E-state index >= 15 is 0 Å². The molecule has 16 aromatic rings. The molecule has 0 amide bonds. The molecule has 2 aromatic heterocycles. The molecule has 0 fully saturated rings. The van der Waals surface area contributed by atoms with Gasteiger partial charge in [0.05, 0.1) is 11.0 Å². The number of benzene rings is 14. The van der Waals surface area contributed by atoms with Crippen LogP contribution in [0.5, 0.6) is 0 Å². The summed E-state index contributed by atoms with van der Waals surface area (Å²) in [5.74, 6) is 0. The molecule has 0 spiro atoms. The van der Waals surface area contributed by atoms with Crippen molar-refractivity contribution in [2.24, 2.45) is 0 Å². The van der Waals surface area contributed by atoms with Crippen LogP contribution in [0, 0.1) is 13.8 Å². The number of nitrogens with zero attached hydrogens (tertiary/aromatic N) is 4. The fraction of sp³-hybridized carbons (Fsp3) is 0.0227. The first-order chi connectivity index (χ1) is 46.5. The van der Waals surface area contributed by atoms with Crippen LogP contribution < -0.4 is 31.7 Å². The van der Waals surface area contributed by atoms with Crippen LogP contribution in [-0.2, 0) is 0 Å². The third kappa shape index (κ3) is 7.65. The van der Waals surface area contributed by atoms with Gasteiger partial charge in [0, 0.05) is 67.1 Å². The van der Waals surface area contributed by atoms with Gasteiger partial charge in [-0.3, -0.25) is 0 Å². The van der Waals surface area contributed by atoms with Gasteiger partial charge >= 0.3 is 13.7 Å². The molecule has 0 atom stereocenters. The van der Waals surface area contributed by atoms with Gasteiger partial charge in [-0.05, 0) is 185 Å². The fourth-order valence-electron chi connectivity index (χ4n) is 16.9. The second-order valence-electron chi connectivity index (χ2n) is 26.0. The van der Waals surface area contributed by atoms with Gasteiger partial charge in [0.1, 0.15) is 0 Å². The summed E-state index contributed by atoms with van der Waals surface area (Å²) in [6.07, 6.45) is 0. The van der Waals surface area contributed by atoms with Crippen molar-refractivity contribution in [1.82, 2.24) is 8.96 Å². The fourth-order valence-corrected chi connectivity index (χ4v) is 16.9. The smallest absolute Gasteiger partial charge is 0.333 e. The molecule has 0 N–H and O–H groups in total. The molecular formula is C88H58B2N4. The molecule has 94 heavy (non-hydrogen) atoms. The molecule has 4 nitrogen and oxygen atoms in total. The van der Waals surface area contributed by atoms with Crippen LogP contribution in [-0.4, -0.2) is 22.7 Å². The van der Waals surface area contributed by atoms with Gasteiger partial charge in [0.25, 0.3) is 0 Å². The van der Waals surface area contributed by atoms with Crippen molar-refractivity contribution >= 4 is 103 Å². The predicted molar refractivity (Wildman–Crippen MR) is 398 cm³/mol. The molecule has 6 heteroatoms. The Kier molecular flexibility index (Phi) is 11.4. The zero-order valence-corrected chi connectivity index (χ0v) is 52.0. The number of para-hydroxylation sites is 2. The lowest BCUT2D eigenvalue weighted by Gasteiger charge is -2.41. The van der Waals surface area contributed by atoms with Crippen molar-refractivity contribution in [1.29, 1.82) is 0 Å². The van der Waals surface area contributed by atoms with Crippen molar-refractivity contribution < 1.29 is 0 Å². The Morgan fingerprint density at radius 3 is 0.872 bits per heavy atom. The minimum atomic E-state index is -0.196. The van der Waals surface area contributed by atoms with Crippen molar-refractivity contribution in [2.45, 2.75) is 13.8 Å². The minimum absolute atomic E-state index is 0.196. The quantitative estimate of drug-likeness (QED) is 0.141. The number of hydrogen-bond acceptors (Lipinski definition) is 2. The molecule has 0 radical (unpaired) electrons. The molecule has 0 bridgehead atoms. The molecule has 0 saturated carbocycles. The largest absolute Gasteiger partial charge is 0.374 e. The zero-order chi connectivity index (χ0) is 61.9. The van der Waals surface area contributed by atoms with Crippen molar-refractivity contribution in [2.75, 3.05) is 9.80 Å². The lowest BCUT2D eigenvalue weighted by molar-refractivity contribution is 1.25. The Morgan fingerprint density at radius 1 is 0.234 bits per heavy atom. The topological polar surface area (TPSA) is 16.3 Å². The van der Waals surface area contributed by atoms with Gasteiger partial charge in [-0.2, -0.15) is 0 Å². The van der Waals surface area contributed by atoms with Gasteiger partial charge in [0.2, 0.25) is 0 Å². The van der Waals surface area contributed by atoms with E-state index in [1.54, 1.807) is 0 Å². The number of fused-ring (bicyclic) bond motifs is 13. The van der Waals surface area contributed by atoms with Crippen LogP contribution in [0.15, 0.2) is 315 Å². The number of aryl methyl sites for hydroxylation is 2. The maximum atomic E-state index is 2.81. The van der Waals surface area contributed by atoms with Crippen molar-refractivity contribution in [3.8, 4) is 89.0 Å². The molecule has 6 heterocycles. The van der Waals surface area contributed by atoms with Crippen molar-refractivity contribution in [3.63, 3.8) is 0 Å². The Labute approximate surface area is 547 Å². The highest BCUT2D eigenvalue weighted by molar-refractivity contribution is 6.92. The second kappa shape index (κ2) is 20.3. The summed E-state index contributed by atoms with van der Waals surface area (Å²) in [5.41, 5.74) is 39.2. The Bertz CT molecular complexity index is 5340. The number of aromatic nitrogens is 2. The average molecular weight is 1190 g/mol. The van der Waals surface area contributed by atoms with E-state index in [2.05, 4.69) is 348 Å². The van der Waals surface area contributed by atoms with E-state index in [1.807, 2.05) is 0 Å². The maximum Gasteiger partial charge on any atom is 0.333 e. The first-order valence-corrected chi connectivity index (χ1v) is 32.9. The van der Waals surface area contributed by atoms with Crippen LogP contribution >= 0.6 is 0 Å². The Hall–Kier alpha value is -11.9. The molecule has 20 rings (SSSR count). The number of rotatable bonds is 8. The summed E-state index contributed by atoms with van der Waals surface area (Å²) in [4.78, 5) is 5.18. The summed E-state index contributed by atoms with van der Waals surface area (Å²) < 4.78 is 5.63. The molecule has 0 saturated heterocycles. The third-order valence-electron chi connectivity index (χ3n) is 20.8. The molecule has 4 aliphatic rings. The predicted octanol–water partition coefficient (Wildman–Crippen LogP) is 20.2. The van der Waals surface area contributed by atoms with Crippen LogP contribution in [0.3, 0.4) is 0 Å². The standard InChI is InChI=1S/C88H58B2N4/c1-55-39-43-79-83-81(55)71-35-21-37-73-85(71)93(89(83)75-53-63(57-23-9-3-10-24-57)41-45-77(75)91(79)69-49-65(59-27-13-5-14-28-59)47-66(50-69)60-29-15-6-16-30-60)88-74-38-22-36-72-82-56(2)40-44-80-84(82)90(94(86(72)74)87(73)88)76-54-64(58-25-11-4-12-26-58)42-46-78(76)92(80)70-51-67(61-31-17-7-18-32-61)48-68(52-70)62-33-19-8-20-34-62/h3-54H,1-2H3. The number of hydrogen-bond donors (Lipinski definition) is 0. The van der Waals surface area contributed by atoms with Gasteiger partial charge in [-0.25, -0.2) is 0 Å². The minimum Gasteiger partial charge on any atom is -0.374 e. The van der Waals surface area contributed by atoms with E-state index in [1.165, 1.54) is 178 Å². The third-order valence-corrected chi connectivity index (χ3v) is 20.8. The van der Waals surface area contributed by atoms with Gasteiger partial charge in [0.15, 0.2) is 0 Å². The van der Waals surface area contributed by atoms with Gasteiger partial charge < -0.3 is 18.8 Å². The second-order valence-corrected chi connectivity index (χ2v) is 26.0. The van der Waals surface area contributed by atoms with E-state index in [0.29, 0.717) is 0 Å². The van der Waals surface area contributed by atoms with E-state index in [-0.39, 0.29) is 13.7 Å². The highest BCUT2D eigenvalue weighted by Gasteiger charge is 2.48. The highest BCUT2D eigenvalue weighted by Crippen LogP contribution is 2.53. The molecule has 436 valence electrons. The lowest BCUT2D eigenvalue weighted by atomic mass is 9.44. The van der Waals surface area contributed by atoms with Crippen molar-refractivity contribution in [3.05, 3.63) is 327 Å². The number of anilines is 6. The average Bonchev–Trinajstić information content (AvgIpc) is 1.45. The molecule has 14 aromatic carbocycles. The molecule has 0 unspecified atom stereocenters. The first-order valence-electron chi connectivity index (χ1n) is 32.9. The van der Waals surface area contributed by atoms with Gasteiger partial charge in [-0.15, -0.1) is 0 Å². The van der Waals surface area contributed by atoms with E-state index < -0.39 is 0 Å². The maximum absolute atomic E-state index is 2.81. The summed E-state index contributed by atoms with van der Waals surface area (Å²) >= 11 is 0. The zero-order valence-electron chi connectivity index (χ0n) is 52.0. The molecule has 0 aliphatic carbocycles. The highest BCUT2D eigenvalue weighted by atomic mass is 15.2. The van der Waals surface area contributed by atoms with Gasteiger partial charge in [-0.1, -0.05) is 255 Å². The monoisotopic (exact) mass is 1190 g/mol. The molecule has 4 aliphatic heterocycles. The van der Waals surface area contributed by atoms with Crippen LogP contribution in [0.4, 0.5) is 34.1 Å². The first kappa shape index (κ1) is 52.9. The Balaban J connectivity index is 0.881. The summed E-state index contributed by atoms with van der Waals surface area (Å²) in [7, 11) is 0. The molecular weight excluding hydrogens is 1130 g/mol. The lowest BCUT2D eigenvalue weighted by Crippen LogP contribution is -2.57. The normalized spacial score (nSPS) is 12.9. The summed E-state index contributed by atoms with van der Waals surface area (Å²) in [5, 5.41) is 2.53. The summed E-state index contributed by atoms with van der Waals surface area (Å²) in [6, 6.07) is 119. The van der Waals surface area contributed by atoms with E-state index in [9.17, 15) is 0 Å². The van der Waals surface area contributed by atoms with Crippen LogP contribution in [0.1, 0.15) is 11.1 Å². The van der Waals surface area contributed by atoms with Crippen LogP contribution in [0.25, 0.3) is 122 Å². The van der Waals surface area contributed by atoms with Crippen LogP contribution in [0.2, 0.25) is 0 Å². The van der Waals surface area contributed by atoms with E-state index in [0.717, 1.165) is 11.4 Å². The Morgan fingerprint density at radius 2 is 0.543 bits per heavy atom. The van der Waals surface area contributed by atoms with E-state index in [4.69, 9.17) is 0 Å². The summed E-state index contributed by atoms with van der Waals surface area (Å²) in [6.45, 7) is 4.28.